The molecule has 0 aliphatic carbocycles. The summed E-state index contributed by atoms with van der Waals surface area (Å²) in [5.74, 6) is 0.688. The van der Waals surface area contributed by atoms with Gasteiger partial charge in [0.2, 0.25) is 20.0 Å². The Morgan fingerprint density at radius 2 is 1.48 bits per heavy atom. The summed E-state index contributed by atoms with van der Waals surface area (Å²) in [5, 5.41) is 0. The lowest BCUT2D eigenvalue weighted by Crippen LogP contribution is -2.26. The second kappa shape index (κ2) is 7.42. The van der Waals surface area contributed by atoms with E-state index in [4.69, 9.17) is 4.74 Å². The van der Waals surface area contributed by atoms with E-state index < -0.39 is 26.1 Å². The first-order chi connectivity index (χ1) is 11.6. The SMILES string of the molecule is COc1ccc([C@@H](C)NS(=O)(=O)c2ccc(NS(C)(=O)=O)cc2)cc1. The van der Waals surface area contributed by atoms with Gasteiger partial charge < -0.3 is 4.74 Å². The van der Waals surface area contributed by atoms with Crippen LogP contribution in [0.3, 0.4) is 0 Å². The molecule has 7 nitrogen and oxygen atoms in total. The Morgan fingerprint density at radius 1 is 0.920 bits per heavy atom. The number of hydrogen-bond donors (Lipinski definition) is 2. The first-order valence-electron chi connectivity index (χ1n) is 7.35. The van der Waals surface area contributed by atoms with Crippen molar-refractivity contribution in [1.82, 2.24) is 4.72 Å². The van der Waals surface area contributed by atoms with E-state index in [1.807, 2.05) is 0 Å². The number of hydrogen-bond acceptors (Lipinski definition) is 5. The lowest BCUT2D eigenvalue weighted by atomic mass is 10.1. The van der Waals surface area contributed by atoms with E-state index in [1.165, 1.54) is 24.3 Å². The maximum absolute atomic E-state index is 12.5. The summed E-state index contributed by atoms with van der Waals surface area (Å²) in [6.07, 6.45) is 1.02. The number of rotatable bonds is 7. The summed E-state index contributed by atoms with van der Waals surface area (Å²) in [5.41, 5.74) is 1.09. The average molecular weight is 384 g/mol. The van der Waals surface area contributed by atoms with Crippen LogP contribution in [0.25, 0.3) is 0 Å². The Bertz CT molecular complexity index is 921. The molecule has 0 fully saturated rings. The molecular formula is C16H20N2O5S2. The van der Waals surface area contributed by atoms with Gasteiger partial charge in [0, 0.05) is 11.7 Å². The summed E-state index contributed by atoms with van der Waals surface area (Å²) in [6.45, 7) is 1.74. The van der Waals surface area contributed by atoms with Crippen LogP contribution in [0.2, 0.25) is 0 Å². The number of nitrogens with one attached hydrogen (secondary N) is 2. The van der Waals surface area contributed by atoms with Crippen molar-refractivity contribution in [1.29, 1.82) is 0 Å². The summed E-state index contributed by atoms with van der Waals surface area (Å²) < 4.78 is 57.2. The molecule has 2 aromatic rings. The maximum Gasteiger partial charge on any atom is 0.241 e. The molecule has 9 heteroatoms. The number of methoxy groups -OCH3 is 1. The van der Waals surface area contributed by atoms with Crippen LogP contribution in [0.5, 0.6) is 5.75 Å². The highest BCUT2D eigenvalue weighted by atomic mass is 32.2. The molecule has 0 aliphatic rings. The van der Waals surface area contributed by atoms with Crippen molar-refractivity contribution in [2.75, 3.05) is 18.1 Å². The minimum Gasteiger partial charge on any atom is -0.497 e. The molecule has 0 aliphatic heterocycles. The van der Waals surface area contributed by atoms with E-state index in [9.17, 15) is 16.8 Å². The lowest BCUT2D eigenvalue weighted by molar-refractivity contribution is 0.414. The van der Waals surface area contributed by atoms with Crippen LogP contribution >= 0.6 is 0 Å². The van der Waals surface area contributed by atoms with Crippen LogP contribution in [0, 0.1) is 0 Å². The molecule has 0 unspecified atom stereocenters. The summed E-state index contributed by atoms with van der Waals surface area (Å²) in [7, 11) is -5.59. The van der Waals surface area contributed by atoms with Gasteiger partial charge in [-0.15, -0.1) is 0 Å². The second-order valence-corrected chi connectivity index (χ2v) is 8.98. The Morgan fingerprint density at radius 3 is 1.96 bits per heavy atom. The van der Waals surface area contributed by atoms with Crippen molar-refractivity contribution in [3.8, 4) is 5.75 Å². The minimum atomic E-state index is -3.74. The molecule has 2 N–H and O–H groups in total. The van der Waals surface area contributed by atoms with Gasteiger partial charge >= 0.3 is 0 Å². The third-order valence-corrected chi connectivity index (χ3v) is 5.58. The molecule has 0 aromatic heterocycles. The predicted molar refractivity (Wildman–Crippen MR) is 96.6 cm³/mol. The van der Waals surface area contributed by atoms with Gasteiger partial charge in [-0.2, -0.15) is 0 Å². The van der Waals surface area contributed by atoms with Crippen LogP contribution in [0.1, 0.15) is 18.5 Å². The number of benzene rings is 2. The fourth-order valence-electron chi connectivity index (χ4n) is 2.18. The number of sulfonamides is 2. The van der Waals surface area contributed by atoms with Gasteiger partial charge in [-0.05, 0) is 48.9 Å². The molecule has 0 radical (unpaired) electrons. The normalized spacial score (nSPS) is 13.2. The second-order valence-electron chi connectivity index (χ2n) is 5.51. The standard InChI is InChI=1S/C16H20N2O5S2/c1-12(13-4-8-15(23-2)9-5-13)17-25(21,22)16-10-6-14(7-11-16)18-24(3,19)20/h4-12,17-18H,1-3H3/t12-/m1/s1. The quantitative estimate of drug-likeness (QED) is 0.761. The molecular weight excluding hydrogens is 364 g/mol. The summed E-state index contributed by atoms with van der Waals surface area (Å²) >= 11 is 0. The fraction of sp³-hybridized carbons (Fsp3) is 0.250. The topological polar surface area (TPSA) is 102 Å². The molecule has 0 saturated heterocycles. The van der Waals surface area contributed by atoms with E-state index in [1.54, 1.807) is 38.3 Å². The molecule has 0 heterocycles. The van der Waals surface area contributed by atoms with Gasteiger partial charge in [0.1, 0.15) is 5.75 Å². The van der Waals surface area contributed by atoms with Crippen molar-refractivity contribution >= 4 is 25.7 Å². The zero-order chi connectivity index (χ0) is 18.7. The van der Waals surface area contributed by atoms with Crippen molar-refractivity contribution in [2.45, 2.75) is 17.9 Å². The monoisotopic (exact) mass is 384 g/mol. The van der Waals surface area contributed by atoms with Gasteiger partial charge in [-0.25, -0.2) is 21.6 Å². The molecule has 25 heavy (non-hydrogen) atoms. The minimum absolute atomic E-state index is 0.0481. The van der Waals surface area contributed by atoms with Crippen LogP contribution in [0.4, 0.5) is 5.69 Å². The molecule has 0 amide bonds. The summed E-state index contributed by atoms with van der Waals surface area (Å²) in [6, 6.07) is 12.1. The summed E-state index contributed by atoms with van der Waals surface area (Å²) in [4.78, 5) is 0.0481. The van der Waals surface area contributed by atoms with E-state index >= 15 is 0 Å². The highest BCUT2D eigenvalue weighted by Crippen LogP contribution is 2.21. The zero-order valence-electron chi connectivity index (χ0n) is 14.1. The molecule has 0 bridgehead atoms. The zero-order valence-corrected chi connectivity index (χ0v) is 15.7. The van der Waals surface area contributed by atoms with Crippen LogP contribution in [0.15, 0.2) is 53.4 Å². The van der Waals surface area contributed by atoms with Gasteiger partial charge in [-0.3, -0.25) is 4.72 Å². The van der Waals surface area contributed by atoms with Crippen molar-refractivity contribution in [3.63, 3.8) is 0 Å². The van der Waals surface area contributed by atoms with Crippen LogP contribution < -0.4 is 14.2 Å². The number of anilines is 1. The van der Waals surface area contributed by atoms with E-state index in [0.717, 1.165) is 11.8 Å². The highest BCUT2D eigenvalue weighted by molar-refractivity contribution is 7.92. The molecule has 136 valence electrons. The average Bonchev–Trinajstić information content (AvgIpc) is 2.53. The third kappa shape index (κ3) is 5.45. The Hall–Kier alpha value is -2.10. The first kappa shape index (κ1) is 19.2. The van der Waals surface area contributed by atoms with Gasteiger partial charge in [0.25, 0.3) is 0 Å². The van der Waals surface area contributed by atoms with Crippen molar-refractivity contribution in [3.05, 3.63) is 54.1 Å². The molecule has 2 rings (SSSR count). The highest BCUT2D eigenvalue weighted by Gasteiger charge is 2.18. The van der Waals surface area contributed by atoms with Gasteiger partial charge in [-0.1, -0.05) is 12.1 Å². The van der Waals surface area contributed by atoms with E-state index in [-0.39, 0.29) is 4.90 Å². The van der Waals surface area contributed by atoms with E-state index in [2.05, 4.69) is 9.44 Å². The van der Waals surface area contributed by atoms with Crippen molar-refractivity contribution in [2.24, 2.45) is 0 Å². The van der Waals surface area contributed by atoms with Gasteiger partial charge in [0.15, 0.2) is 0 Å². The van der Waals surface area contributed by atoms with E-state index in [0.29, 0.717) is 11.4 Å². The lowest BCUT2D eigenvalue weighted by Gasteiger charge is -2.15. The Balaban J connectivity index is 2.14. The third-order valence-electron chi connectivity index (χ3n) is 3.42. The molecule has 1 atom stereocenters. The van der Waals surface area contributed by atoms with Gasteiger partial charge in [0.05, 0.1) is 18.3 Å². The van der Waals surface area contributed by atoms with Crippen molar-refractivity contribution < 1.29 is 21.6 Å². The largest absolute Gasteiger partial charge is 0.497 e. The first-order valence-corrected chi connectivity index (χ1v) is 10.7. The molecule has 2 aromatic carbocycles. The molecule has 0 saturated carbocycles. The fourth-order valence-corrected chi connectivity index (χ4v) is 3.97. The Labute approximate surface area is 148 Å². The Kier molecular flexibility index (Phi) is 5.71. The van der Waals surface area contributed by atoms with Crippen LogP contribution in [-0.4, -0.2) is 30.2 Å². The predicted octanol–water partition coefficient (Wildman–Crippen LogP) is 2.11. The maximum atomic E-state index is 12.5. The smallest absolute Gasteiger partial charge is 0.241 e. The number of ether oxygens (including phenoxy) is 1. The van der Waals surface area contributed by atoms with Crippen LogP contribution in [-0.2, 0) is 20.0 Å². The molecule has 0 spiro atoms.